The Bertz CT molecular complexity index is 406. The molecule has 6 heteroatoms. The molecule has 2 N–H and O–H groups in total. The first kappa shape index (κ1) is 17.5. The molecule has 0 aromatic carbocycles. The minimum absolute atomic E-state index is 0.0239. The number of piperidine rings is 1. The summed E-state index contributed by atoms with van der Waals surface area (Å²) < 4.78 is 0. The summed E-state index contributed by atoms with van der Waals surface area (Å²) in [5.74, 6) is -0.853. The summed E-state index contributed by atoms with van der Waals surface area (Å²) in [5.41, 5.74) is -0.663. The molecule has 1 atom stereocenters. The molecule has 3 amide bonds. The SMILES string of the molecule is CCC1CCCN(C(=O)NC(=O)CC(C)(C)CC(=O)O)C1. The van der Waals surface area contributed by atoms with Crippen molar-refractivity contribution in [2.75, 3.05) is 13.1 Å². The van der Waals surface area contributed by atoms with Crippen LogP contribution in [-0.2, 0) is 9.59 Å². The Hall–Kier alpha value is -1.59. The molecule has 1 saturated heterocycles. The fourth-order valence-electron chi connectivity index (χ4n) is 2.73. The molecular formula is C15H26N2O4. The minimum Gasteiger partial charge on any atom is -0.481 e. The Morgan fingerprint density at radius 1 is 1.29 bits per heavy atom. The predicted octanol–water partition coefficient (Wildman–Crippen LogP) is 2.24. The number of hydrogen-bond acceptors (Lipinski definition) is 3. The molecule has 0 radical (unpaired) electrons. The molecule has 1 aliphatic rings. The Morgan fingerprint density at radius 3 is 2.52 bits per heavy atom. The molecule has 0 spiro atoms. The van der Waals surface area contributed by atoms with Crippen LogP contribution in [-0.4, -0.2) is 41.0 Å². The molecule has 1 heterocycles. The number of rotatable bonds is 5. The van der Waals surface area contributed by atoms with Gasteiger partial charge >= 0.3 is 12.0 Å². The van der Waals surface area contributed by atoms with Crippen molar-refractivity contribution in [2.24, 2.45) is 11.3 Å². The largest absolute Gasteiger partial charge is 0.481 e. The number of carboxylic acids is 1. The van der Waals surface area contributed by atoms with E-state index in [9.17, 15) is 14.4 Å². The smallest absolute Gasteiger partial charge is 0.324 e. The number of hydrogen-bond donors (Lipinski definition) is 2. The fourth-order valence-corrected chi connectivity index (χ4v) is 2.73. The number of aliphatic carboxylic acids is 1. The van der Waals surface area contributed by atoms with Gasteiger partial charge in [0.25, 0.3) is 0 Å². The average Bonchev–Trinajstić information content (AvgIpc) is 2.36. The molecule has 1 rings (SSSR count). The summed E-state index contributed by atoms with van der Waals surface area (Å²) in [6, 6.07) is -0.357. The number of carbonyl (C=O) groups is 3. The zero-order chi connectivity index (χ0) is 16.0. The second-order valence-corrected chi connectivity index (χ2v) is 6.63. The maximum Gasteiger partial charge on any atom is 0.324 e. The van der Waals surface area contributed by atoms with Crippen LogP contribution in [0.2, 0.25) is 0 Å². The summed E-state index contributed by atoms with van der Waals surface area (Å²) in [6.45, 7) is 6.88. The molecule has 1 aliphatic heterocycles. The number of urea groups is 1. The molecule has 0 saturated carbocycles. The summed E-state index contributed by atoms with van der Waals surface area (Å²) in [6.07, 6.45) is 3.04. The summed E-state index contributed by atoms with van der Waals surface area (Å²) in [4.78, 5) is 36.4. The van der Waals surface area contributed by atoms with Crippen molar-refractivity contribution < 1.29 is 19.5 Å². The van der Waals surface area contributed by atoms with E-state index in [0.29, 0.717) is 19.0 Å². The highest BCUT2D eigenvalue weighted by molar-refractivity contribution is 5.94. The van der Waals surface area contributed by atoms with Crippen molar-refractivity contribution in [1.82, 2.24) is 10.2 Å². The van der Waals surface area contributed by atoms with Crippen molar-refractivity contribution in [3.63, 3.8) is 0 Å². The Kier molecular flexibility index (Phi) is 6.18. The maximum atomic E-state index is 12.1. The molecular weight excluding hydrogens is 272 g/mol. The Balaban J connectivity index is 2.46. The monoisotopic (exact) mass is 298 g/mol. The lowest BCUT2D eigenvalue weighted by atomic mass is 9.85. The second kappa shape index (κ2) is 7.43. The van der Waals surface area contributed by atoms with Gasteiger partial charge in [0, 0.05) is 19.5 Å². The Morgan fingerprint density at radius 2 is 1.95 bits per heavy atom. The number of nitrogens with one attached hydrogen (secondary N) is 1. The van der Waals surface area contributed by atoms with Gasteiger partial charge < -0.3 is 10.0 Å². The third-order valence-electron chi connectivity index (χ3n) is 3.90. The molecule has 120 valence electrons. The van der Waals surface area contributed by atoms with Crippen LogP contribution in [0.15, 0.2) is 0 Å². The number of imide groups is 1. The van der Waals surface area contributed by atoms with Gasteiger partial charge in [-0.2, -0.15) is 0 Å². The molecule has 0 aromatic rings. The van der Waals surface area contributed by atoms with E-state index in [1.807, 2.05) is 0 Å². The number of nitrogens with zero attached hydrogens (tertiary/aromatic N) is 1. The highest BCUT2D eigenvalue weighted by Gasteiger charge is 2.28. The van der Waals surface area contributed by atoms with Gasteiger partial charge in [-0.3, -0.25) is 14.9 Å². The van der Waals surface area contributed by atoms with E-state index >= 15 is 0 Å². The van der Waals surface area contributed by atoms with Crippen LogP contribution >= 0.6 is 0 Å². The van der Waals surface area contributed by atoms with Crippen LogP contribution in [0, 0.1) is 11.3 Å². The van der Waals surface area contributed by atoms with Gasteiger partial charge in [0.2, 0.25) is 5.91 Å². The maximum absolute atomic E-state index is 12.1. The van der Waals surface area contributed by atoms with Crippen LogP contribution in [0.25, 0.3) is 0 Å². The lowest BCUT2D eigenvalue weighted by Gasteiger charge is -2.32. The Labute approximate surface area is 125 Å². The zero-order valence-electron chi connectivity index (χ0n) is 13.1. The van der Waals surface area contributed by atoms with Crippen LogP contribution in [0.3, 0.4) is 0 Å². The van der Waals surface area contributed by atoms with Crippen molar-refractivity contribution in [1.29, 1.82) is 0 Å². The van der Waals surface area contributed by atoms with Crippen molar-refractivity contribution in [3.8, 4) is 0 Å². The lowest BCUT2D eigenvalue weighted by molar-refractivity contribution is -0.139. The zero-order valence-corrected chi connectivity index (χ0v) is 13.1. The number of carboxylic acid groups (broad SMARTS) is 1. The van der Waals surface area contributed by atoms with E-state index in [-0.39, 0.29) is 18.9 Å². The lowest BCUT2D eigenvalue weighted by Crippen LogP contribution is -2.48. The van der Waals surface area contributed by atoms with E-state index in [1.165, 1.54) is 0 Å². The van der Waals surface area contributed by atoms with Crippen molar-refractivity contribution >= 4 is 17.9 Å². The average molecular weight is 298 g/mol. The molecule has 0 bridgehead atoms. The quantitative estimate of drug-likeness (QED) is 0.815. The summed E-state index contributed by atoms with van der Waals surface area (Å²) >= 11 is 0. The molecule has 6 nitrogen and oxygen atoms in total. The third-order valence-corrected chi connectivity index (χ3v) is 3.90. The van der Waals surface area contributed by atoms with Crippen LogP contribution < -0.4 is 5.32 Å². The van der Waals surface area contributed by atoms with E-state index in [1.54, 1.807) is 18.7 Å². The van der Waals surface area contributed by atoms with E-state index in [4.69, 9.17) is 5.11 Å². The highest BCUT2D eigenvalue weighted by atomic mass is 16.4. The molecule has 1 fully saturated rings. The van der Waals surface area contributed by atoms with Crippen LogP contribution in [0.1, 0.15) is 52.9 Å². The first-order valence-electron chi connectivity index (χ1n) is 7.54. The van der Waals surface area contributed by atoms with Crippen molar-refractivity contribution in [3.05, 3.63) is 0 Å². The first-order chi connectivity index (χ1) is 9.73. The van der Waals surface area contributed by atoms with E-state index in [2.05, 4.69) is 12.2 Å². The highest BCUT2D eigenvalue weighted by Crippen LogP contribution is 2.25. The van der Waals surface area contributed by atoms with Gasteiger partial charge in [-0.05, 0) is 24.2 Å². The first-order valence-corrected chi connectivity index (χ1v) is 7.54. The van der Waals surface area contributed by atoms with E-state index < -0.39 is 17.3 Å². The summed E-state index contributed by atoms with van der Waals surface area (Å²) in [7, 11) is 0. The topological polar surface area (TPSA) is 86.7 Å². The van der Waals surface area contributed by atoms with Gasteiger partial charge in [-0.15, -0.1) is 0 Å². The van der Waals surface area contributed by atoms with Crippen LogP contribution in [0.5, 0.6) is 0 Å². The van der Waals surface area contributed by atoms with E-state index in [0.717, 1.165) is 19.3 Å². The normalized spacial score (nSPS) is 19.2. The third kappa shape index (κ3) is 6.14. The van der Waals surface area contributed by atoms with Crippen LogP contribution in [0.4, 0.5) is 4.79 Å². The van der Waals surface area contributed by atoms with Gasteiger partial charge in [-0.1, -0.05) is 27.2 Å². The number of amides is 3. The molecule has 0 aromatic heterocycles. The number of carbonyl (C=O) groups excluding carboxylic acids is 2. The molecule has 21 heavy (non-hydrogen) atoms. The molecule has 0 aliphatic carbocycles. The number of likely N-dealkylation sites (tertiary alicyclic amines) is 1. The van der Waals surface area contributed by atoms with Crippen molar-refractivity contribution in [2.45, 2.75) is 52.9 Å². The standard InChI is InChI=1S/C15H26N2O4/c1-4-11-6-5-7-17(10-11)14(21)16-12(18)8-15(2,3)9-13(19)20/h11H,4-10H2,1-3H3,(H,19,20)(H,16,18,21). The van der Waals surface area contributed by atoms with Gasteiger partial charge in [-0.25, -0.2) is 4.79 Å². The van der Waals surface area contributed by atoms with Gasteiger partial charge in [0.05, 0.1) is 6.42 Å². The fraction of sp³-hybridized carbons (Fsp3) is 0.800. The molecule has 1 unspecified atom stereocenters. The predicted molar refractivity (Wildman–Crippen MR) is 78.8 cm³/mol. The minimum atomic E-state index is -0.944. The second-order valence-electron chi connectivity index (χ2n) is 6.63. The van der Waals surface area contributed by atoms with Gasteiger partial charge in [0.1, 0.15) is 0 Å². The summed E-state index contributed by atoms with van der Waals surface area (Å²) in [5, 5.41) is 11.2. The van der Waals surface area contributed by atoms with Gasteiger partial charge in [0.15, 0.2) is 0 Å².